The molecular formula is C23H30N2O3. The Balaban J connectivity index is 1.71. The molecule has 3 rings (SSSR count). The molecule has 150 valence electrons. The lowest BCUT2D eigenvalue weighted by molar-refractivity contribution is 0.0946. The number of hydrogen-bond acceptors (Lipinski definition) is 4. The van der Waals surface area contributed by atoms with Crippen LogP contribution in [0.25, 0.3) is 0 Å². The predicted octanol–water partition coefficient (Wildman–Crippen LogP) is 4.01. The molecule has 0 bridgehead atoms. The minimum atomic E-state index is -0.170. The highest BCUT2D eigenvalue weighted by atomic mass is 16.5. The zero-order chi connectivity index (χ0) is 19.9. The van der Waals surface area contributed by atoms with Gasteiger partial charge in [0.2, 0.25) is 0 Å². The number of likely N-dealkylation sites (tertiary alicyclic amines) is 1. The Morgan fingerprint density at radius 2 is 1.86 bits per heavy atom. The normalized spacial score (nSPS) is 17.2. The molecule has 5 heteroatoms. The van der Waals surface area contributed by atoms with Gasteiger partial charge in [0.05, 0.1) is 19.8 Å². The summed E-state index contributed by atoms with van der Waals surface area (Å²) in [4.78, 5) is 15.3. The molecule has 0 spiro atoms. The lowest BCUT2D eigenvalue weighted by Gasteiger charge is -2.33. The average molecular weight is 383 g/mol. The van der Waals surface area contributed by atoms with E-state index in [0.717, 1.165) is 18.7 Å². The molecule has 5 nitrogen and oxygen atoms in total. The highest BCUT2D eigenvalue weighted by Gasteiger charge is 2.20. The first-order valence-corrected chi connectivity index (χ1v) is 9.94. The Morgan fingerprint density at radius 3 is 2.57 bits per heavy atom. The number of amides is 1. The molecule has 1 N–H and O–H groups in total. The van der Waals surface area contributed by atoms with Crippen molar-refractivity contribution < 1.29 is 14.3 Å². The molecule has 2 aromatic carbocycles. The van der Waals surface area contributed by atoms with Crippen LogP contribution in [-0.2, 0) is 13.1 Å². The van der Waals surface area contributed by atoms with Gasteiger partial charge in [-0.05, 0) is 49.6 Å². The van der Waals surface area contributed by atoms with Crippen molar-refractivity contribution in [1.82, 2.24) is 10.2 Å². The molecule has 1 aliphatic heterocycles. The van der Waals surface area contributed by atoms with Crippen molar-refractivity contribution in [3.8, 4) is 11.5 Å². The van der Waals surface area contributed by atoms with E-state index in [0.29, 0.717) is 29.6 Å². The van der Waals surface area contributed by atoms with E-state index >= 15 is 0 Å². The Hall–Kier alpha value is -2.53. The van der Waals surface area contributed by atoms with Crippen molar-refractivity contribution in [3.05, 3.63) is 59.2 Å². The van der Waals surface area contributed by atoms with Gasteiger partial charge in [0.15, 0.2) is 11.5 Å². The molecule has 2 aromatic rings. The van der Waals surface area contributed by atoms with E-state index in [-0.39, 0.29) is 5.91 Å². The first-order chi connectivity index (χ1) is 13.6. The van der Waals surface area contributed by atoms with Gasteiger partial charge in [-0.15, -0.1) is 0 Å². The van der Waals surface area contributed by atoms with Gasteiger partial charge >= 0.3 is 0 Å². The van der Waals surface area contributed by atoms with E-state index in [1.807, 2.05) is 6.07 Å². The van der Waals surface area contributed by atoms with Crippen molar-refractivity contribution in [2.75, 3.05) is 20.8 Å². The van der Waals surface area contributed by atoms with E-state index in [1.165, 1.54) is 24.8 Å². The standard InChI is InChI=1S/C23H30N2O3/c1-17-9-6-7-14-25(17)16-19-11-5-4-10-18(19)15-24-23(26)20-12-8-13-21(27-2)22(20)28-3/h4-5,8,10-13,17H,6-7,9,14-16H2,1-3H3,(H,24,26). The number of rotatable bonds is 7. The summed E-state index contributed by atoms with van der Waals surface area (Å²) in [5, 5.41) is 3.04. The monoisotopic (exact) mass is 382 g/mol. The van der Waals surface area contributed by atoms with Crippen LogP contribution in [0.15, 0.2) is 42.5 Å². The number of hydrogen-bond donors (Lipinski definition) is 1. The Bertz CT molecular complexity index is 806. The molecule has 1 unspecified atom stereocenters. The van der Waals surface area contributed by atoms with Crippen molar-refractivity contribution in [2.45, 2.75) is 45.3 Å². The fourth-order valence-electron chi connectivity index (χ4n) is 3.83. The summed E-state index contributed by atoms with van der Waals surface area (Å²) in [6.45, 7) is 4.86. The van der Waals surface area contributed by atoms with Crippen LogP contribution in [0.1, 0.15) is 47.7 Å². The third-order valence-electron chi connectivity index (χ3n) is 5.52. The number of ether oxygens (including phenoxy) is 2. The summed E-state index contributed by atoms with van der Waals surface area (Å²) in [7, 11) is 3.11. The maximum absolute atomic E-state index is 12.8. The molecule has 1 heterocycles. The maximum Gasteiger partial charge on any atom is 0.255 e. The molecular weight excluding hydrogens is 352 g/mol. The molecule has 28 heavy (non-hydrogen) atoms. The third-order valence-corrected chi connectivity index (χ3v) is 5.52. The van der Waals surface area contributed by atoms with E-state index in [9.17, 15) is 4.79 Å². The van der Waals surface area contributed by atoms with Gasteiger partial charge in [0.25, 0.3) is 5.91 Å². The highest BCUT2D eigenvalue weighted by Crippen LogP contribution is 2.30. The molecule has 1 atom stereocenters. The molecule has 1 amide bonds. The number of methoxy groups -OCH3 is 2. The third kappa shape index (κ3) is 4.65. The first kappa shape index (κ1) is 20.2. The van der Waals surface area contributed by atoms with Crippen LogP contribution < -0.4 is 14.8 Å². The van der Waals surface area contributed by atoms with Gasteiger partial charge in [-0.2, -0.15) is 0 Å². The summed E-state index contributed by atoms with van der Waals surface area (Å²) in [5.74, 6) is 0.837. The highest BCUT2D eigenvalue weighted by molar-refractivity contribution is 5.97. The second-order valence-electron chi connectivity index (χ2n) is 7.31. The zero-order valence-corrected chi connectivity index (χ0v) is 17.0. The Kier molecular flexibility index (Phi) is 6.93. The van der Waals surface area contributed by atoms with E-state index in [1.54, 1.807) is 32.4 Å². The quantitative estimate of drug-likeness (QED) is 0.786. The van der Waals surface area contributed by atoms with Crippen LogP contribution in [0.2, 0.25) is 0 Å². The van der Waals surface area contributed by atoms with E-state index in [2.05, 4.69) is 35.3 Å². The van der Waals surface area contributed by atoms with E-state index < -0.39 is 0 Å². The SMILES string of the molecule is COc1cccc(C(=O)NCc2ccccc2CN2CCCCC2C)c1OC. The lowest BCUT2D eigenvalue weighted by atomic mass is 10.0. The molecule has 0 aliphatic carbocycles. The maximum atomic E-state index is 12.8. The summed E-state index contributed by atoms with van der Waals surface area (Å²) in [6, 6.07) is 14.3. The summed E-state index contributed by atoms with van der Waals surface area (Å²) in [6.07, 6.45) is 3.84. The number of carbonyl (C=O) groups is 1. The summed E-state index contributed by atoms with van der Waals surface area (Å²) >= 11 is 0. The van der Waals surface area contributed by atoms with Gasteiger partial charge in [-0.3, -0.25) is 9.69 Å². The second-order valence-corrected chi connectivity index (χ2v) is 7.31. The average Bonchev–Trinajstić information content (AvgIpc) is 2.73. The second kappa shape index (κ2) is 9.60. The van der Waals surface area contributed by atoms with Crippen LogP contribution in [0, 0.1) is 0 Å². The summed E-state index contributed by atoms with van der Waals surface area (Å²) < 4.78 is 10.7. The molecule has 0 saturated carbocycles. The number of piperidine rings is 1. The Labute approximate surface area is 167 Å². The molecule has 1 saturated heterocycles. The minimum Gasteiger partial charge on any atom is -0.493 e. The predicted molar refractivity (Wildman–Crippen MR) is 111 cm³/mol. The topological polar surface area (TPSA) is 50.8 Å². The van der Waals surface area contributed by atoms with Crippen molar-refractivity contribution >= 4 is 5.91 Å². The first-order valence-electron chi connectivity index (χ1n) is 9.94. The van der Waals surface area contributed by atoms with Crippen LogP contribution in [-0.4, -0.2) is 37.6 Å². The lowest BCUT2D eigenvalue weighted by Crippen LogP contribution is -2.37. The number of nitrogens with zero attached hydrogens (tertiary/aromatic N) is 1. The largest absolute Gasteiger partial charge is 0.493 e. The summed E-state index contributed by atoms with van der Waals surface area (Å²) in [5.41, 5.74) is 2.90. The fourth-order valence-corrected chi connectivity index (χ4v) is 3.83. The van der Waals surface area contributed by atoms with Crippen molar-refractivity contribution in [2.24, 2.45) is 0 Å². The number of nitrogens with one attached hydrogen (secondary N) is 1. The van der Waals surface area contributed by atoms with Crippen LogP contribution in [0.5, 0.6) is 11.5 Å². The van der Waals surface area contributed by atoms with Gasteiger partial charge in [0, 0.05) is 19.1 Å². The van der Waals surface area contributed by atoms with Crippen molar-refractivity contribution in [3.63, 3.8) is 0 Å². The van der Waals surface area contributed by atoms with Gasteiger partial charge in [-0.1, -0.05) is 36.8 Å². The number of carbonyl (C=O) groups excluding carboxylic acids is 1. The molecule has 0 radical (unpaired) electrons. The molecule has 0 aromatic heterocycles. The van der Waals surface area contributed by atoms with E-state index in [4.69, 9.17) is 9.47 Å². The van der Waals surface area contributed by atoms with Crippen LogP contribution in [0.3, 0.4) is 0 Å². The minimum absolute atomic E-state index is 0.170. The smallest absolute Gasteiger partial charge is 0.255 e. The van der Waals surface area contributed by atoms with Crippen LogP contribution in [0.4, 0.5) is 0 Å². The zero-order valence-electron chi connectivity index (χ0n) is 17.0. The fraction of sp³-hybridized carbons (Fsp3) is 0.435. The van der Waals surface area contributed by atoms with Gasteiger partial charge in [-0.25, -0.2) is 0 Å². The Morgan fingerprint density at radius 1 is 1.07 bits per heavy atom. The van der Waals surface area contributed by atoms with Crippen LogP contribution >= 0.6 is 0 Å². The van der Waals surface area contributed by atoms with Crippen molar-refractivity contribution in [1.29, 1.82) is 0 Å². The number of benzene rings is 2. The van der Waals surface area contributed by atoms with Gasteiger partial charge < -0.3 is 14.8 Å². The molecule has 1 fully saturated rings. The number of para-hydroxylation sites is 1. The molecule has 1 aliphatic rings. The van der Waals surface area contributed by atoms with Gasteiger partial charge in [0.1, 0.15) is 0 Å².